The van der Waals surface area contributed by atoms with Gasteiger partial charge in [-0.2, -0.15) is 0 Å². The zero-order chi connectivity index (χ0) is 15.9. The van der Waals surface area contributed by atoms with Crippen LogP contribution in [0.1, 0.15) is 11.1 Å². The lowest BCUT2D eigenvalue weighted by Crippen LogP contribution is -2.24. The summed E-state index contributed by atoms with van der Waals surface area (Å²) >= 11 is 6.19. The summed E-state index contributed by atoms with van der Waals surface area (Å²) in [5.74, 6) is 1.09. The van der Waals surface area contributed by atoms with E-state index in [0.29, 0.717) is 29.5 Å². The highest BCUT2D eigenvalue weighted by Crippen LogP contribution is 2.32. The first-order valence-corrected chi connectivity index (χ1v) is 7.23. The Morgan fingerprint density at radius 1 is 1.09 bits per heavy atom. The Labute approximate surface area is 135 Å². The van der Waals surface area contributed by atoms with Crippen LogP contribution < -0.4 is 14.8 Å². The highest BCUT2D eigenvalue weighted by atomic mass is 35.5. The second-order valence-electron chi connectivity index (χ2n) is 4.74. The van der Waals surface area contributed by atoms with Gasteiger partial charge in [-0.3, -0.25) is 4.79 Å². The summed E-state index contributed by atoms with van der Waals surface area (Å²) in [5.41, 5.74) is 1.75. The van der Waals surface area contributed by atoms with Crippen LogP contribution in [0.3, 0.4) is 0 Å². The number of amides is 1. The van der Waals surface area contributed by atoms with Crippen LogP contribution in [-0.2, 0) is 17.8 Å². The Kier molecular flexibility index (Phi) is 5.67. The molecule has 2 rings (SSSR count). The van der Waals surface area contributed by atoms with Gasteiger partial charge in [0, 0.05) is 17.6 Å². The molecule has 4 nitrogen and oxygen atoms in total. The molecule has 0 atom stereocenters. The van der Waals surface area contributed by atoms with Crippen LogP contribution in [0, 0.1) is 0 Å². The van der Waals surface area contributed by atoms with Gasteiger partial charge in [0.05, 0.1) is 20.6 Å². The van der Waals surface area contributed by atoms with E-state index in [0.717, 1.165) is 11.1 Å². The first kappa shape index (κ1) is 16.2. The molecule has 0 aliphatic carbocycles. The third-order valence-electron chi connectivity index (χ3n) is 3.24. The summed E-state index contributed by atoms with van der Waals surface area (Å²) in [7, 11) is 3.11. The zero-order valence-corrected chi connectivity index (χ0v) is 13.3. The lowest BCUT2D eigenvalue weighted by molar-refractivity contribution is -0.120. The molecule has 1 N–H and O–H groups in total. The van der Waals surface area contributed by atoms with Gasteiger partial charge in [0.1, 0.15) is 0 Å². The Morgan fingerprint density at radius 3 is 2.36 bits per heavy atom. The molecule has 0 radical (unpaired) electrons. The minimum absolute atomic E-state index is 0.0583. The molecular weight excluding hydrogens is 302 g/mol. The summed E-state index contributed by atoms with van der Waals surface area (Å²) in [4.78, 5) is 12.0. The fourth-order valence-corrected chi connectivity index (χ4v) is 2.29. The third kappa shape index (κ3) is 4.15. The largest absolute Gasteiger partial charge is 0.493 e. The lowest BCUT2D eigenvalue weighted by atomic mass is 10.1. The van der Waals surface area contributed by atoms with E-state index < -0.39 is 0 Å². The number of nitrogens with one attached hydrogen (secondary N) is 1. The van der Waals surface area contributed by atoms with Gasteiger partial charge < -0.3 is 14.8 Å². The highest BCUT2D eigenvalue weighted by molar-refractivity contribution is 6.31. The van der Waals surface area contributed by atoms with Crippen molar-refractivity contribution in [2.24, 2.45) is 0 Å². The number of methoxy groups -OCH3 is 2. The molecule has 0 aliphatic heterocycles. The summed E-state index contributed by atoms with van der Waals surface area (Å²) in [5, 5.41) is 3.38. The SMILES string of the molecule is COc1cc(Cl)c(CNC(=O)Cc2ccccc2)cc1OC. The second kappa shape index (κ2) is 7.71. The van der Waals surface area contributed by atoms with Crippen molar-refractivity contribution in [3.05, 3.63) is 58.6 Å². The molecule has 0 saturated heterocycles. The van der Waals surface area contributed by atoms with Crippen molar-refractivity contribution in [1.29, 1.82) is 0 Å². The minimum atomic E-state index is -0.0583. The van der Waals surface area contributed by atoms with Crippen LogP contribution in [0.25, 0.3) is 0 Å². The molecule has 2 aromatic rings. The van der Waals surface area contributed by atoms with Gasteiger partial charge >= 0.3 is 0 Å². The van der Waals surface area contributed by atoms with Crippen LogP contribution in [0.15, 0.2) is 42.5 Å². The number of halogens is 1. The second-order valence-corrected chi connectivity index (χ2v) is 5.14. The van der Waals surface area contributed by atoms with E-state index in [1.165, 1.54) is 0 Å². The number of hydrogen-bond donors (Lipinski definition) is 1. The van der Waals surface area contributed by atoms with E-state index in [1.807, 2.05) is 30.3 Å². The van der Waals surface area contributed by atoms with Gasteiger partial charge in [-0.1, -0.05) is 41.9 Å². The maximum Gasteiger partial charge on any atom is 0.224 e. The van der Waals surface area contributed by atoms with Crippen LogP contribution in [0.5, 0.6) is 11.5 Å². The van der Waals surface area contributed by atoms with Crippen molar-refractivity contribution in [2.75, 3.05) is 14.2 Å². The van der Waals surface area contributed by atoms with Gasteiger partial charge in [0.15, 0.2) is 11.5 Å². The number of hydrogen-bond acceptors (Lipinski definition) is 3. The highest BCUT2D eigenvalue weighted by Gasteiger charge is 2.11. The van der Waals surface area contributed by atoms with Gasteiger partial charge in [-0.05, 0) is 17.2 Å². The predicted octanol–water partition coefficient (Wildman–Crippen LogP) is 3.22. The van der Waals surface area contributed by atoms with E-state index in [2.05, 4.69) is 5.32 Å². The van der Waals surface area contributed by atoms with Gasteiger partial charge in [-0.25, -0.2) is 0 Å². The van der Waals surface area contributed by atoms with Crippen molar-refractivity contribution >= 4 is 17.5 Å². The average molecular weight is 320 g/mol. The quantitative estimate of drug-likeness (QED) is 0.889. The zero-order valence-electron chi connectivity index (χ0n) is 12.6. The molecule has 1 amide bonds. The maximum atomic E-state index is 12.0. The first-order valence-electron chi connectivity index (χ1n) is 6.85. The fourth-order valence-electron chi connectivity index (χ4n) is 2.07. The molecule has 0 aromatic heterocycles. The normalized spacial score (nSPS) is 10.1. The fraction of sp³-hybridized carbons (Fsp3) is 0.235. The standard InChI is InChI=1S/C17H18ClNO3/c1-21-15-9-13(14(18)10-16(15)22-2)11-19-17(20)8-12-6-4-3-5-7-12/h3-7,9-10H,8,11H2,1-2H3,(H,19,20). The number of benzene rings is 2. The average Bonchev–Trinajstić information content (AvgIpc) is 2.54. The molecule has 0 fully saturated rings. The van der Waals surface area contributed by atoms with Crippen LogP contribution in [0.4, 0.5) is 0 Å². The molecule has 116 valence electrons. The smallest absolute Gasteiger partial charge is 0.224 e. The molecule has 0 bridgehead atoms. The Hall–Kier alpha value is -2.20. The van der Waals surface area contributed by atoms with E-state index in [-0.39, 0.29) is 5.91 Å². The Balaban J connectivity index is 2.00. The molecule has 0 heterocycles. The number of rotatable bonds is 6. The van der Waals surface area contributed by atoms with E-state index in [9.17, 15) is 4.79 Å². The maximum absolute atomic E-state index is 12.0. The predicted molar refractivity (Wildman–Crippen MR) is 86.5 cm³/mol. The van der Waals surface area contributed by atoms with Gasteiger partial charge in [0.25, 0.3) is 0 Å². The molecule has 5 heteroatoms. The van der Waals surface area contributed by atoms with Gasteiger partial charge in [-0.15, -0.1) is 0 Å². The summed E-state index contributed by atoms with van der Waals surface area (Å²) in [6, 6.07) is 13.0. The number of carbonyl (C=O) groups excluding carboxylic acids is 1. The van der Waals surface area contributed by atoms with E-state index in [1.54, 1.807) is 26.4 Å². The Bertz CT molecular complexity index is 644. The monoisotopic (exact) mass is 319 g/mol. The minimum Gasteiger partial charge on any atom is -0.493 e. The van der Waals surface area contributed by atoms with Crippen LogP contribution >= 0.6 is 11.6 Å². The molecule has 0 unspecified atom stereocenters. The molecule has 2 aromatic carbocycles. The summed E-state index contributed by atoms with van der Waals surface area (Å²) in [6.45, 7) is 0.338. The van der Waals surface area contributed by atoms with Crippen molar-refractivity contribution in [1.82, 2.24) is 5.32 Å². The molecule has 0 spiro atoms. The van der Waals surface area contributed by atoms with Crippen molar-refractivity contribution in [3.8, 4) is 11.5 Å². The number of carbonyl (C=O) groups is 1. The molecule has 22 heavy (non-hydrogen) atoms. The lowest BCUT2D eigenvalue weighted by Gasteiger charge is -2.12. The first-order chi connectivity index (χ1) is 10.6. The van der Waals surface area contributed by atoms with E-state index >= 15 is 0 Å². The van der Waals surface area contributed by atoms with Crippen molar-refractivity contribution in [3.63, 3.8) is 0 Å². The number of ether oxygens (including phenoxy) is 2. The van der Waals surface area contributed by atoms with Crippen molar-refractivity contribution < 1.29 is 14.3 Å². The summed E-state index contributed by atoms with van der Waals surface area (Å²) in [6.07, 6.45) is 0.339. The van der Waals surface area contributed by atoms with Gasteiger partial charge in [0.2, 0.25) is 5.91 Å². The molecule has 0 aliphatic rings. The van der Waals surface area contributed by atoms with Crippen molar-refractivity contribution in [2.45, 2.75) is 13.0 Å². The Morgan fingerprint density at radius 2 is 1.73 bits per heavy atom. The summed E-state index contributed by atoms with van der Waals surface area (Å²) < 4.78 is 10.4. The third-order valence-corrected chi connectivity index (χ3v) is 3.59. The van der Waals surface area contributed by atoms with E-state index in [4.69, 9.17) is 21.1 Å². The van der Waals surface area contributed by atoms with Crippen LogP contribution in [-0.4, -0.2) is 20.1 Å². The topological polar surface area (TPSA) is 47.6 Å². The molecule has 0 saturated carbocycles. The van der Waals surface area contributed by atoms with Crippen LogP contribution in [0.2, 0.25) is 5.02 Å². The molecular formula is C17H18ClNO3.